The van der Waals surface area contributed by atoms with E-state index >= 15 is 0 Å². The van der Waals surface area contributed by atoms with Crippen LogP contribution in [0.2, 0.25) is 0 Å². The minimum atomic E-state index is -4.04. The van der Waals surface area contributed by atoms with Crippen molar-refractivity contribution in [3.63, 3.8) is 0 Å². The van der Waals surface area contributed by atoms with Crippen LogP contribution in [0.15, 0.2) is 88.5 Å². The number of rotatable bonds is 10. The van der Waals surface area contributed by atoms with Crippen molar-refractivity contribution in [3.8, 4) is 23.0 Å². The van der Waals surface area contributed by atoms with Gasteiger partial charge in [0.2, 0.25) is 9.84 Å². The number of esters is 1. The molecule has 0 amide bonds. The van der Waals surface area contributed by atoms with Crippen molar-refractivity contribution >= 4 is 33.0 Å². The minimum absolute atomic E-state index is 0.0107. The number of anilines is 1. The number of sulfone groups is 1. The third kappa shape index (κ3) is 6.37. The second kappa shape index (κ2) is 12.3. The van der Waals surface area contributed by atoms with Crippen LogP contribution in [-0.4, -0.2) is 32.5 Å². The molecule has 0 aliphatic heterocycles. The molecule has 7 nitrogen and oxygen atoms in total. The summed E-state index contributed by atoms with van der Waals surface area (Å²) >= 11 is 1.11. The van der Waals surface area contributed by atoms with Crippen LogP contribution in [0.4, 0.5) is 5.82 Å². The number of benzene rings is 2. The van der Waals surface area contributed by atoms with Crippen LogP contribution < -0.4 is 11.1 Å². The third-order valence-electron chi connectivity index (χ3n) is 6.03. The van der Waals surface area contributed by atoms with Crippen molar-refractivity contribution in [2.75, 3.05) is 18.5 Å². The molecule has 3 N–H and O–H groups in total. The van der Waals surface area contributed by atoms with Crippen LogP contribution in [0.3, 0.4) is 0 Å². The van der Waals surface area contributed by atoms with Crippen LogP contribution >= 0.6 is 11.3 Å². The number of carbonyl (C=O) groups excluding carboxylic acids is 1. The smallest absolute Gasteiger partial charge is 0.325 e. The lowest BCUT2D eigenvalue weighted by Gasteiger charge is -2.29. The van der Waals surface area contributed by atoms with Gasteiger partial charge in [-0.25, -0.2) is 13.4 Å². The molecule has 0 fully saturated rings. The molecule has 39 heavy (non-hydrogen) atoms. The van der Waals surface area contributed by atoms with Gasteiger partial charge in [0, 0.05) is 12.0 Å². The fraction of sp³-hybridized carbons (Fsp3) is 0.200. The van der Waals surface area contributed by atoms with Crippen LogP contribution in [0.5, 0.6) is 0 Å². The van der Waals surface area contributed by atoms with E-state index in [1.807, 2.05) is 48.5 Å². The van der Waals surface area contributed by atoms with E-state index in [0.717, 1.165) is 33.6 Å². The maximum absolute atomic E-state index is 13.9. The molecule has 2 aromatic carbocycles. The van der Waals surface area contributed by atoms with Crippen LogP contribution in [0, 0.1) is 11.8 Å². The van der Waals surface area contributed by atoms with Gasteiger partial charge in [-0.15, -0.1) is 17.3 Å². The van der Waals surface area contributed by atoms with E-state index in [2.05, 4.69) is 22.1 Å². The van der Waals surface area contributed by atoms with Crippen molar-refractivity contribution in [2.45, 2.75) is 29.3 Å². The number of pyridine rings is 1. The summed E-state index contributed by atoms with van der Waals surface area (Å²) in [7, 11) is -4.04. The molecule has 0 saturated carbocycles. The highest BCUT2D eigenvalue weighted by Gasteiger charge is 2.45. The Morgan fingerprint density at radius 1 is 1.05 bits per heavy atom. The van der Waals surface area contributed by atoms with Gasteiger partial charge in [0.15, 0.2) is 4.87 Å². The number of nitrogens with zero attached hydrogens (tertiary/aromatic N) is 1. The Balaban J connectivity index is 1.69. The van der Waals surface area contributed by atoms with Gasteiger partial charge in [-0.2, -0.15) is 0 Å². The highest BCUT2D eigenvalue weighted by Crippen LogP contribution is 2.36. The fourth-order valence-corrected chi connectivity index (χ4v) is 7.03. The van der Waals surface area contributed by atoms with E-state index in [0.29, 0.717) is 5.82 Å². The first-order valence-electron chi connectivity index (χ1n) is 12.3. The molecule has 0 aliphatic carbocycles. The largest absolute Gasteiger partial charge is 0.465 e. The first kappa shape index (κ1) is 28.0. The number of nitrogens with two attached hydrogens (primary N) is 1. The van der Waals surface area contributed by atoms with Gasteiger partial charge in [-0.05, 0) is 66.2 Å². The lowest BCUT2D eigenvalue weighted by Crippen LogP contribution is -2.47. The fourth-order valence-electron chi connectivity index (χ4n) is 4.10. The van der Waals surface area contributed by atoms with Gasteiger partial charge in [0.25, 0.3) is 0 Å². The summed E-state index contributed by atoms with van der Waals surface area (Å²) in [6.45, 7) is 3.67. The summed E-state index contributed by atoms with van der Waals surface area (Å²) in [4.78, 5) is 14.4. The molecule has 0 radical (unpaired) electrons. The molecule has 0 bridgehead atoms. The number of hydrogen-bond donors (Lipinski definition) is 2. The monoisotopic (exact) mass is 559 g/mol. The lowest BCUT2D eigenvalue weighted by atomic mass is 9.98. The van der Waals surface area contributed by atoms with Gasteiger partial charge in [-0.1, -0.05) is 54.5 Å². The topological polar surface area (TPSA) is 111 Å². The van der Waals surface area contributed by atoms with Gasteiger partial charge >= 0.3 is 5.97 Å². The van der Waals surface area contributed by atoms with Crippen molar-refractivity contribution < 1.29 is 17.9 Å². The standard InChI is InChI=1S/C30H29N3O4S2/c1-3-8-22-9-5-10-25(19-22)24-16-14-23(15-17-24)20-30(31,39(35,36)29-13-7-18-38-29)26-11-6-12-27(33-26)32-21-28(34)37-4-2/h5-7,9-19H,4,20-21,31H2,1-2H3,(H,32,33). The Morgan fingerprint density at radius 3 is 2.51 bits per heavy atom. The molecule has 2 aromatic heterocycles. The molecule has 200 valence electrons. The quantitative estimate of drug-likeness (QED) is 0.208. The Kier molecular flexibility index (Phi) is 8.82. The van der Waals surface area contributed by atoms with Gasteiger partial charge < -0.3 is 15.8 Å². The number of ether oxygens (including phenoxy) is 1. The second-order valence-corrected chi connectivity index (χ2v) is 12.1. The molecule has 1 unspecified atom stereocenters. The van der Waals surface area contributed by atoms with Gasteiger partial charge in [0.1, 0.15) is 16.6 Å². The van der Waals surface area contributed by atoms with Crippen LogP contribution in [-0.2, 0) is 30.7 Å². The molecule has 9 heteroatoms. The third-order valence-corrected chi connectivity index (χ3v) is 9.61. The Morgan fingerprint density at radius 2 is 1.82 bits per heavy atom. The van der Waals surface area contributed by atoms with Gasteiger partial charge in [-0.3, -0.25) is 4.79 Å². The maximum Gasteiger partial charge on any atom is 0.325 e. The van der Waals surface area contributed by atoms with E-state index in [9.17, 15) is 13.2 Å². The summed E-state index contributed by atoms with van der Waals surface area (Å²) in [5.74, 6) is 5.85. The number of thiophene rings is 1. The number of hydrogen-bond acceptors (Lipinski definition) is 8. The Hall–Kier alpha value is -3.97. The summed E-state index contributed by atoms with van der Waals surface area (Å²) in [6.07, 6.45) is -0.0107. The number of carbonyl (C=O) groups is 1. The van der Waals surface area contributed by atoms with Crippen molar-refractivity contribution in [3.05, 3.63) is 101 Å². The van der Waals surface area contributed by atoms with E-state index in [1.165, 1.54) is 0 Å². The minimum Gasteiger partial charge on any atom is -0.465 e. The van der Waals surface area contributed by atoms with E-state index in [-0.39, 0.29) is 29.5 Å². The zero-order valence-corrected chi connectivity index (χ0v) is 23.3. The van der Waals surface area contributed by atoms with E-state index in [4.69, 9.17) is 10.5 Å². The van der Waals surface area contributed by atoms with Crippen molar-refractivity contribution in [1.82, 2.24) is 4.98 Å². The average Bonchev–Trinajstić information content (AvgIpc) is 3.49. The van der Waals surface area contributed by atoms with E-state index in [1.54, 1.807) is 49.6 Å². The zero-order chi connectivity index (χ0) is 27.9. The highest BCUT2D eigenvalue weighted by molar-refractivity contribution is 7.94. The molecule has 0 saturated heterocycles. The Bertz CT molecular complexity index is 1610. The number of nitrogens with one attached hydrogen (secondary N) is 1. The predicted molar refractivity (Wildman–Crippen MR) is 155 cm³/mol. The SMILES string of the molecule is CC#Cc1cccc(-c2ccc(CC(N)(c3cccc(NCC(=O)OCC)n3)S(=O)(=O)c3cccs3)cc2)c1. The Labute approximate surface area is 233 Å². The lowest BCUT2D eigenvalue weighted by molar-refractivity contribution is -0.140. The van der Waals surface area contributed by atoms with Crippen molar-refractivity contribution in [1.29, 1.82) is 0 Å². The molecule has 4 rings (SSSR count). The predicted octanol–water partition coefficient (Wildman–Crippen LogP) is 4.98. The van der Waals surface area contributed by atoms with Crippen molar-refractivity contribution in [2.24, 2.45) is 5.73 Å². The molecule has 2 heterocycles. The second-order valence-electron chi connectivity index (χ2n) is 8.72. The van der Waals surface area contributed by atoms with Crippen LogP contribution in [0.1, 0.15) is 30.7 Å². The molecule has 0 spiro atoms. The van der Waals surface area contributed by atoms with E-state index < -0.39 is 20.7 Å². The summed E-state index contributed by atoms with van der Waals surface area (Å²) < 4.78 is 32.9. The van der Waals surface area contributed by atoms with Gasteiger partial charge in [0.05, 0.1) is 12.3 Å². The molecular formula is C30H29N3O4S2. The molecule has 4 aromatic rings. The zero-order valence-electron chi connectivity index (χ0n) is 21.7. The molecular weight excluding hydrogens is 530 g/mol. The maximum atomic E-state index is 13.9. The molecule has 0 aliphatic rings. The molecule has 1 atom stereocenters. The first-order valence-corrected chi connectivity index (χ1v) is 14.7. The summed E-state index contributed by atoms with van der Waals surface area (Å²) in [5, 5.41) is 4.59. The number of aromatic nitrogens is 1. The van der Waals surface area contributed by atoms with Crippen LogP contribution in [0.25, 0.3) is 11.1 Å². The highest BCUT2D eigenvalue weighted by atomic mass is 32.2. The summed E-state index contributed by atoms with van der Waals surface area (Å²) in [5.41, 5.74) is 10.6. The first-order chi connectivity index (χ1) is 18.8. The average molecular weight is 560 g/mol. The summed E-state index contributed by atoms with van der Waals surface area (Å²) in [6, 6.07) is 23.7. The normalized spacial score (nSPS) is 12.6.